The van der Waals surface area contributed by atoms with Crippen LogP contribution < -0.4 is 19.6 Å². The quantitative estimate of drug-likeness (QED) is 0.361. The molecule has 0 fully saturated rings. The summed E-state index contributed by atoms with van der Waals surface area (Å²) in [5.41, 5.74) is 1.96. The number of carboxylic acids is 1. The Morgan fingerprint density at radius 3 is 2.50 bits per heavy atom. The average molecular weight is 481 g/mol. The lowest BCUT2D eigenvalue weighted by atomic mass is 10.1. The van der Waals surface area contributed by atoms with Crippen LogP contribution >= 0.6 is 11.6 Å². The van der Waals surface area contributed by atoms with Crippen LogP contribution in [0.25, 0.3) is 22.3 Å². The topological polar surface area (TPSA) is 95.2 Å². The summed E-state index contributed by atoms with van der Waals surface area (Å²) in [5, 5.41) is 9.95. The van der Waals surface area contributed by atoms with E-state index < -0.39 is 11.4 Å². The van der Waals surface area contributed by atoms with Gasteiger partial charge in [-0.15, -0.1) is 0 Å². The number of benzene rings is 3. The number of hydrogen-bond donors (Lipinski definition) is 1. The van der Waals surface area contributed by atoms with Crippen LogP contribution in [0.5, 0.6) is 17.2 Å². The molecule has 0 spiro atoms. The van der Waals surface area contributed by atoms with E-state index in [2.05, 4.69) is 0 Å². The van der Waals surface area contributed by atoms with Crippen molar-refractivity contribution < 1.29 is 28.5 Å². The van der Waals surface area contributed by atoms with E-state index in [0.29, 0.717) is 33.2 Å². The van der Waals surface area contributed by atoms with Crippen molar-refractivity contribution in [2.24, 2.45) is 0 Å². The maximum absolute atomic E-state index is 13.5. The van der Waals surface area contributed by atoms with Gasteiger partial charge in [-0.05, 0) is 60.5 Å². The van der Waals surface area contributed by atoms with Gasteiger partial charge in [0.15, 0.2) is 17.3 Å². The van der Waals surface area contributed by atoms with Crippen molar-refractivity contribution >= 4 is 28.5 Å². The van der Waals surface area contributed by atoms with Gasteiger partial charge in [0.2, 0.25) is 11.2 Å². The van der Waals surface area contributed by atoms with Gasteiger partial charge in [0.25, 0.3) is 0 Å². The van der Waals surface area contributed by atoms with E-state index in [4.69, 9.17) is 30.2 Å². The monoisotopic (exact) mass is 480 g/mol. The van der Waals surface area contributed by atoms with Crippen molar-refractivity contribution in [2.75, 3.05) is 14.2 Å². The molecule has 3 aromatic carbocycles. The molecule has 8 heteroatoms. The van der Waals surface area contributed by atoms with Gasteiger partial charge in [0.1, 0.15) is 12.2 Å². The normalized spacial score (nSPS) is 10.8. The first-order valence-corrected chi connectivity index (χ1v) is 10.6. The molecule has 0 atom stereocenters. The van der Waals surface area contributed by atoms with Gasteiger partial charge in [-0.25, -0.2) is 4.79 Å². The minimum absolute atomic E-state index is 0.0274. The summed E-state index contributed by atoms with van der Waals surface area (Å²) in [4.78, 5) is 24.8. The number of aromatic carboxylic acids is 1. The summed E-state index contributed by atoms with van der Waals surface area (Å²) in [7, 11) is 3.04. The van der Waals surface area contributed by atoms with Gasteiger partial charge in [-0.3, -0.25) is 4.79 Å². The average Bonchev–Trinajstić information content (AvgIpc) is 2.84. The summed E-state index contributed by atoms with van der Waals surface area (Å²) in [6.07, 6.45) is 0. The first-order chi connectivity index (χ1) is 16.3. The van der Waals surface area contributed by atoms with E-state index in [1.54, 1.807) is 42.5 Å². The first-order valence-electron chi connectivity index (χ1n) is 10.3. The third-order valence-corrected chi connectivity index (χ3v) is 5.74. The minimum atomic E-state index is -1.05. The van der Waals surface area contributed by atoms with Crippen LogP contribution in [-0.2, 0) is 6.61 Å². The molecule has 4 rings (SSSR count). The second kappa shape index (κ2) is 9.49. The number of aryl methyl sites for hydroxylation is 1. The van der Waals surface area contributed by atoms with Crippen molar-refractivity contribution in [3.8, 4) is 28.6 Å². The van der Waals surface area contributed by atoms with E-state index in [0.717, 1.165) is 5.56 Å². The molecule has 0 saturated heterocycles. The summed E-state index contributed by atoms with van der Waals surface area (Å²) in [6.45, 7) is 1.77. The van der Waals surface area contributed by atoms with E-state index in [1.165, 1.54) is 26.4 Å². The second-order valence-electron chi connectivity index (χ2n) is 7.55. The second-order valence-corrected chi connectivity index (χ2v) is 7.96. The summed E-state index contributed by atoms with van der Waals surface area (Å²) >= 11 is 6.25. The molecule has 174 valence electrons. The van der Waals surface area contributed by atoms with Crippen molar-refractivity contribution in [3.05, 3.63) is 86.5 Å². The highest BCUT2D eigenvalue weighted by Crippen LogP contribution is 2.37. The predicted molar refractivity (Wildman–Crippen MR) is 129 cm³/mol. The molecule has 0 bridgehead atoms. The first kappa shape index (κ1) is 23.2. The maximum Gasteiger partial charge on any atom is 0.335 e. The number of methoxy groups -OCH3 is 2. The number of hydrogen-bond acceptors (Lipinski definition) is 6. The molecule has 0 saturated carbocycles. The zero-order valence-corrected chi connectivity index (χ0v) is 19.4. The molecule has 0 aliphatic rings. The van der Waals surface area contributed by atoms with Gasteiger partial charge in [-0.2, -0.15) is 0 Å². The van der Waals surface area contributed by atoms with Crippen molar-refractivity contribution in [3.63, 3.8) is 0 Å². The molecule has 0 aliphatic carbocycles. The Labute approximate surface area is 200 Å². The van der Waals surface area contributed by atoms with E-state index in [1.807, 2.05) is 6.92 Å². The number of carboxylic acid groups (broad SMARTS) is 1. The Balaban J connectivity index is 1.87. The fourth-order valence-electron chi connectivity index (χ4n) is 3.55. The molecule has 4 aromatic rings. The molecule has 0 unspecified atom stereocenters. The van der Waals surface area contributed by atoms with E-state index in [-0.39, 0.29) is 29.1 Å². The van der Waals surface area contributed by atoms with Crippen molar-refractivity contribution in [2.45, 2.75) is 13.5 Å². The Morgan fingerprint density at radius 2 is 1.79 bits per heavy atom. The third kappa shape index (κ3) is 4.43. The highest BCUT2D eigenvalue weighted by molar-refractivity contribution is 6.32. The summed E-state index contributed by atoms with van der Waals surface area (Å²) < 4.78 is 22.8. The molecule has 34 heavy (non-hydrogen) atoms. The predicted octanol–water partition coefficient (Wildman–Crippen LogP) is 5.72. The van der Waals surface area contributed by atoms with Crippen LogP contribution in [0.4, 0.5) is 0 Å². The Bertz CT molecular complexity index is 1460. The van der Waals surface area contributed by atoms with Gasteiger partial charge in [-0.1, -0.05) is 23.7 Å². The standard InChI is InChI=1S/C26H21ClO7/c1-14-9-21-18(12-19(14)27)23(28)25(33-13-15-5-4-6-17(10-15)26(29)30)24(34-21)16-7-8-20(31-2)22(11-16)32-3/h4-12H,13H2,1-3H3,(H,29,30). The molecular weight excluding hydrogens is 460 g/mol. The van der Waals surface area contributed by atoms with Crippen molar-refractivity contribution in [1.82, 2.24) is 0 Å². The van der Waals surface area contributed by atoms with Gasteiger partial charge in [0, 0.05) is 10.6 Å². The zero-order valence-electron chi connectivity index (χ0n) is 18.7. The van der Waals surface area contributed by atoms with Gasteiger partial charge in [0.05, 0.1) is 25.2 Å². The lowest BCUT2D eigenvalue weighted by Crippen LogP contribution is -2.11. The number of rotatable bonds is 7. The molecular formula is C26H21ClO7. The number of halogens is 1. The molecule has 0 aliphatic heterocycles. The maximum atomic E-state index is 13.5. The fourth-order valence-corrected chi connectivity index (χ4v) is 3.71. The van der Waals surface area contributed by atoms with E-state index in [9.17, 15) is 14.7 Å². The zero-order chi connectivity index (χ0) is 24.4. The summed E-state index contributed by atoms with van der Waals surface area (Å²) in [6, 6.07) is 14.7. The third-order valence-electron chi connectivity index (χ3n) is 5.33. The van der Waals surface area contributed by atoms with Gasteiger partial charge < -0.3 is 23.7 Å². The Morgan fingerprint density at radius 1 is 1.03 bits per heavy atom. The molecule has 1 heterocycles. The molecule has 1 aromatic heterocycles. The highest BCUT2D eigenvalue weighted by atomic mass is 35.5. The Kier molecular flexibility index (Phi) is 6.47. The van der Waals surface area contributed by atoms with Crippen LogP contribution in [0.1, 0.15) is 21.5 Å². The van der Waals surface area contributed by atoms with E-state index >= 15 is 0 Å². The summed E-state index contributed by atoms with van der Waals surface area (Å²) in [5.74, 6) is 0.0955. The van der Waals surface area contributed by atoms with Crippen molar-refractivity contribution in [1.29, 1.82) is 0 Å². The Hall–Kier alpha value is -3.97. The number of ether oxygens (including phenoxy) is 3. The molecule has 0 radical (unpaired) electrons. The van der Waals surface area contributed by atoms with Crippen LogP contribution in [0.3, 0.4) is 0 Å². The number of fused-ring (bicyclic) bond motifs is 1. The number of carbonyl (C=O) groups is 1. The van der Waals surface area contributed by atoms with Crippen LogP contribution in [0.15, 0.2) is 63.8 Å². The molecule has 0 amide bonds. The largest absolute Gasteiger partial charge is 0.493 e. The van der Waals surface area contributed by atoms with Crippen LogP contribution in [-0.4, -0.2) is 25.3 Å². The molecule has 1 N–H and O–H groups in total. The fraction of sp³-hybridized carbons (Fsp3) is 0.154. The highest BCUT2D eigenvalue weighted by Gasteiger charge is 2.20. The lowest BCUT2D eigenvalue weighted by Gasteiger charge is -2.14. The smallest absolute Gasteiger partial charge is 0.335 e. The SMILES string of the molecule is COc1ccc(-c2oc3cc(C)c(Cl)cc3c(=O)c2OCc2cccc(C(=O)O)c2)cc1OC. The molecule has 7 nitrogen and oxygen atoms in total. The minimum Gasteiger partial charge on any atom is -0.493 e. The lowest BCUT2D eigenvalue weighted by molar-refractivity contribution is 0.0696. The van der Waals surface area contributed by atoms with Crippen LogP contribution in [0.2, 0.25) is 5.02 Å². The van der Waals surface area contributed by atoms with Gasteiger partial charge >= 0.3 is 5.97 Å². The van der Waals surface area contributed by atoms with Crippen LogP contribution in [0, 0.1) is 6.92 Å².